The summed E-state index contributed by atoms with van der Waals surface area (Å²) in [6.45, 7) is 0.399. The molecule has 4 rings (SSSR count). The summed E-state index contributed by atoms with van der Waals surface area (Å²) in [5.74, 6) is 0.741. The van der Waals surface area contributed by atoms with E-state index in [1.165, 1.54) is 24.4 Å². The van der Waals surface area contributed by atoms with Gasteiger partial charge in [0.15, 0.2) is 9.84 Å². The predicted octanol–water partition coefficient (Wildman–Crippen LogP) is 5.84. The average molecular weight is 487 g/mol. The lowest BCUT2D eigenvalue weighted by molar-refractivity contribution is -0.136. The van der Waals surface area contributed by atoms with E-state index in [1.54, 1.807) is 49.5 Å². The van der Waals surface area contributed by atoms with Gasteiger partial charge in [-0.1, -0.05) is 30.3 Å². The van der Waals surface area contributed by atoms with Crippen molar-refractivity contribution in [1.82, 2.24) is 10.3 Å². The summed E-state index contributed by atoms with van der Waals surface area (Å²) in [4.78, 5) is 4.25. The molecule has 0 bridgehead atoms. The van der Waals surface area contributed by atoms with E-state index < -0.39 is 21.6 Å². The fourth-order valence-electron chi connectivity index (χ4n) is 3.78. The van der Waals surface area contributed by atoms with Crippen LogP contribution in [0.2, 0.25) is 0 Å². The minimum absolute atomic E-state index is 0.122. The Balaban J connectivity index is 1.84. The lowest BCUT2D eigenvalue weighted by Gasteiger charge is -2.17. The number of benzene rings is 3. The second-order valence-corrected chi connectivity index (χ2v) is 9.78. The van der Waals surface area contributed by atoms with Gasteiger partial charge in [-0.3, -0.25) is 4.98 Å². The van der Waals surface area contributed by atoms with Gasteiger partial charge in [0, 0.05) is 24.4 Å². The van der Waals surface area contributed by atoms with Gasteiger partial charge in [-0.2, -0.15) is 13.2 Å². The van der Waals surface area contributed by atoms with Crippen LogP contribution in [0.4, 0.5) is 13.2 Å². The molecule has 9 heteroatoms. The second-order valence-electron chi connectivity index (χ2n) is 7.77. The maximum absolute atomic E-state index is 13.6. The Kier molecular flexibility index (Phi) is 6.33. The molecule has 34 heavy (non-hydrogen) atoms. The van der Waals surface area contributed by atoms with Crippen molar-refractivity contribution in [3.63, 3.8) is 0 Å². The van der Waals surface area contributed by atoms with Crippen LogP contribution in [0, 0.1) is 0 Å². The SMILES string of the molecule is CNCc1cnc2c(C(F)(F)F)cccc2c1-c1cccc(Oc2cccc(S(C)(=O)=O)c2)c1. The zero-order valence-electron chi connectivity index (χ0n) is 18.3. The number of rotatable bonds is 6. The lowest BCUT2D eigenvalue weighted by Crippen LogP contribution is -2.10. The molecule has 5 nitrogen and oxygen atoms in total. The van der Waals surface area contributed by atoms with Crippen LogP contribution in [-0.2, 0) is 22.6 Å². The van der Waals surface area contributed by atoms with E-state index in [1.807, 2.05) is 0 Å². The van der Waals surface area contributed by atoms with Crippen molar-refractivity contribution in [2.75, 3.05) is 13.3 Å². The normalized spacial score (nSPS) is 12.1. The van der Waals surface area contributed by atoms with Gasteiger partial charge in [0.25, 0.3) is 0 Å². The zero-order valence-corrected chi connectivity index (χ0v) is 19.2. The number of sulfone groups is 1. The zero-order chi connectivity index (χ0) is 24.5. The summed E-state index contributed by atoms with van der Waals surface area (Å²) in [6, 6.07) is 17.0. The number of aromatic nitrogens is 1. The molecule has 0 aliphatic carbocycles. The number of alkyl halides is 3. The Morgan fingerprint density at radius 2 is 1.65 bits per heavy atom. The van der Waals surface area contributed by atoms with Crippen LogP contribution >= 0.6 is 0 Å². The Bertz CT molecular complexity index is 1470. The van der Waals surface area contributed by atoms with E-state index in [2.05, 4.69) is 10.3 Å². The van der Waals surface area contributed by atoms with Gasteiger partial charge in [0.05, 0.1) is 16.0 Å². The first kappa shape index (κ1) is 23.7. The third kappa shape index (κ3) is 4.90. The van der Waals surface area contributed by atoms with Crippen LogP contribution in [0.25, 0.3) is 22.0 Å². The molecule has 0 fully saturated rings. The maximum Gasteiger partial charge on any atom is 0.418 e. The Labute approximate surface area is 195 Å². The molecule has 0 saturated carbocycles. The summed E-state index contributed by atoms with van der Waals surface area (Å²) in [7, 11) is -1.66. The van der Waals surface area contributed by atoms with Crippen molar-refractivity contribution in [2.45, 2.75) is 17.6 Å². The van der Waals surface area contributed by atoms with E-state index in [-0.39, 0.29) is 10.4 Å². The quantitative estimate of drug-likeness (QED) is 0.371. The molecule has 0 unspecified atom stereocenters. The van der Waals surface area contributed by atoms with Crippen molar-refractivity contribution >= 4 is 20.7 Å². The molecule has 0 atom stereocenters. The number of ether oxygens (including phenoxy) is 1. The second kappa shape index (κ2) is 9.08. The maximum atomic E-state index is 13.6. The van der Waals surface area contributed by atoms with Crippen LogP contribution < -0.4 is 10.1 Å². The van der Waals surface area contributed by atoms with Gasteiger partial charge < -0.3 is 10.1 Å². The molecule has 0 aliphatic heterocycles. The molecule has 0 radical (unpaired) electrons. The van der Waals surface area contributed by atoms with Crippen LogP contribution in [0.5, 0.6) is 11.5 Å². The first-order valence-electron chi connectivity index (χ1n) is 10.3. The average Bonchev–Trinajstić information content (AvgIpc) is 2.78. The summed E-state index contributed by atoms with van der Waals surface area (Å²) >= 11 is 0. The number of hydrogen-bond acceptors (Lipinski definition) is 5. The number of nitrogens with zero attached hydrogens (tertiary/aromatic N) is 1. The smallest absolute Gasteiger partial charge is 0.418 e. The number of para-hydroxylation sites is 1. The molecule has 1 heterocycles. The molecule has 0 aliphatic rings. The Morgan fingerprint density at radius 3 is 2.32 bits per heavy atom. The van der Waals surface area contributed by atoms with Gasteiger partial charge in [-0.05, 0) is 60.1 Å². The minimum atomic E-state index is -4.54. The molecular formula is C25H21F3N2O3S. The molecule has 0 saturated heterocycles. The van der Waals surface area contributed by atoms with Crippen molar-refractivity contribution in [1.29, 1.82) is 0 Å². The fraction of sp³-hybridized carbons (Fsp3) is 0.160. The standard InChI is InChI=1S/C25H21F3N2O3S/c1-29-14-17-15-30-24-21(10-5-11-22(24)25(26,27)28)23(17)16-6-3-7-18(12-16)33-19-8-4-9-20(13-19)34(2,31)32/h3-13,15,29H,14H2,1-2H3. The number of nitrogens with one attached hydrogen (secondary N) is 1. The largest absolute Gasteiger partial charge is 0.457 e. The summed E-state index contributed by atoms with van der Waals surface area (Å²) in [5.41, 5.74) is 1.06. The fourth-order valence-corrected chi connectivity index (χ4v) is 4.43. The van der Waals surface area contributed by atoms with Gasteiger partial charge in [0.1, 0.15) is 11.5 Å². The first-order chi connectivity index (χ1) is 16.1. The molecule has 0 amide bonds. The van der Waals surface area contributed by atoms with E-state index in [0.29, 0.717) is 34.6 Å². The van der Waals surface area contributed by atoms with E-state index in [9.17, 15) is 21.6 Å². The van der Waals surface area contributed by atoms with Crippen molar-refractivity contribution in [3.8, 4) is 22.6 Å². The van der Waals surface area contributed by atoms with Crippen LogP contribution in [-0.4, -0.2) is 26.7 Å². The third-order valence-corrected chi connectivity index (χ3v) is 6.35. The van der Waals surface area contributed by atoms with Gasteiger partial charge >= 0.3 is 6.18 Å². The third-order valence-electron chi connectivity index (χ3n) is 5.24. The lowest BCUT2D eigenvalue weighted by atomic mass is 9.94. The van der Waals surface area contributed by atoms with Gasteiger partial charge in [-0.25, -0.2) is 8.42 Å². The van der Waals surface area contributed by atoms with E-state index in [0.717, 1.165) is 17.9 Å². The molecule has 4 aromatic rings. The number of halogens is 3. The Morgan fingerprint density at radius 1 is 0.971 bits per heavy atom. The van der Waals surface area contributed by atoms with Crippen molar-refractivity contribution < 1.29 is 26.3 Å². The molecule has 0 spiro atoms. The summed E-state index contributed by atoms with van der Waals surface area (Å²) in [6.07, 6.45) is -1.98. The number of pyridine rings is 1. The van der Waals surface area contributed by atoms with E-state index >= 15 is 0 Å². The monoisotopic (exact) mass is 486 g/mol. The molecule has 176 valence electrons. The summed E-state index contributed by atoms with van der Waals surface area (Å²) < 4.78 is 70.4. The van der Waals surface area contributed by atoms with E-state index in [4.69, 9.17) is 4.74 Å². The van der Waals surface area contributed by atoms with Gasteiger partial charge in [0.2, 0.25) is 0 Å². The molecule has 3 aromatic carbocycles. The van der Waals surface area contributed by atoms with Crippen LogP contribution in [0.15, 0.2) is 77.8 Å². The number of fused-ring (bicyclic) bond motifs is 1. The molecular weight excluding hydrogens is 465 g/mol. The highest BCUT2D eigenvalue weighted by molar-refractivity contribution is 7.90. The highest BCUT2D eigenvalue weighted by atomic mass is 32.2. The predicted molar refractivity (Wildman–Crippen MR) is 125 cm³/mol. The van der Waals surface area contributed by atoms with Crippen molar-refractivity contribution in [3.05, 3.63) is 84.1 Å². The summed E-state index contributed by atoms with van der Waals surface area (Å²) in [5, 5.41) is 3.40. The highest BCUT2D eigenvalue weighted by Crippen LogP contribution is 2.39. The van der Waals surface area contributed by atoms with Crippen LogP contribution in [0.3, 0.4) is 0 Å². The van der Waals surface area contributed by atoms with Crippen molar-refractivity contribution in [2.24, 2.45) is 0 Å². The van der Waals surface area contributed by atoms with Gasteiger partial charge in [-0.15, -0.1) is 0 Å². The minimum Gasteiger partial charge on any atom is -0.457 e. The molecule has 1 aromatic heterocycles. The first-order valence-corrected chi connectivity index (χ1v) is 12.2. The topological polar surface area (TPSA) is 68.3 Å². The van der Waals surface area contributed by atoms with Crippen LogP contribution in [0.1, 0.15) is 11.1 Å². The molecule has 1 N–H and O–H groups in total. The number of hydrogen-bond donors (Lipinski definition) is 1. The Hall–Kier alpha value is -3.43. The highest BCUT2D eigenvalue weighted by Gasteiger charge is 2.33.